The summed E-state index contributed by atoms with van der Waals surface area (Å²) < 4.78 is 0.868. The SMILES string of the molecule is CN(C)c1ccc2[nH]c(-c3ccc(Br)c(Cl)c3)nc2n1. The Balaban J connectivity index is 2.10. The molecule has 0 radical (unpaired) electrons. The Morgan fingerprint density at radius 3 is 2.65 bits per heavy atom. The third-order valence-electron chi connectivity index (χ3n) is 2.98. The number of nitrogens with one attached hydrogen (secondary N) is 1. The van der Waals surface area contributed by atoms with E-state index in [9.17, 15) is 0 Å². The molecular formula is C14H12BrClN4. The first kappa shape index (κ1) is 13.4. The molecule has 0 saturated heterocycles. The van der Waals surface area contributed by atoms with Crippen molar-refractivity contribution in [1.82, 2.24) is 15.0 Å². The summed E-state index contributed by atoms with van der Waals surface area (Å²) >= 11 is 9.50. The van der Waals surface area contributed by atoms with Crippen LogP contribution in [-0.2, 0) is 0 Å². The van der Waals surface area contributed by atoms with Gasteiger partial charge in [0.1, 0.15) is 11.6 Å². The minimum absolute atomic E-state index is 0.657. The first-order valence-electron chi connectivity index (χ1n) is 6.04. The van der Waals surface area contributed by atoms with Crippen LogP contribution in [0.1, 0.15) is 0 Å². The monoisotopic (exact) mass is 350 g/mol. The van der Waals surface area contributed by atoms with Crippen molar-refractivity contribution in [3.63, 3.8) is 0 Å². The highest BCUT2D eigenvalue weighted by atomic mass is 79.9. The number of imidazole rings is 1. The molecule has 4 nitrogen and oxygen atoms in total. The largest absolute Gasteiger partial charge is 0.363 e. The molecule has 0 bridgehead atoms. The molecule has 2 aromatic heterocycles. The number of benzene rings is 1. The summed E-state index contributed by atoms with van der Waals surface area (Å²) in [6, 6.07) is 9.67. The molecule has 1 N–H and O–H groups in total. The van der Waals surface area contributed by atoms with Crippen LogP contribution in [0.3, 0.4) is 0 Å². The van der Waals surface area contributed by atoms with Crippen LogP contribution in [0.5, 0.6) is 0 Å². The molecule has 0 fully saturated rings. The predicted molar refractivity (Wildman–Crippen MR) is 86.4 cm³/mol. The summed E-state index contributed by atoms with van der Waals surface area (Å²) in [4.78, 5) is 14.2. The maximum atomic E-state index is 6.12. The number of aromatic amines is 1. The lowest BCUT2D eigenvalue weighted by Gasteiger charge is -2.09. The zero-order valence-electron chi connectivity index (χ0n) is 11.0. The summed E-state index contributed by atoms with van der Waals surface area (Å²) in [7, 11) is 3.91. The maximum absolute atomic E-state index is 6.12. The molecule has 6 heteroatoms. The Bertz CT molecular complexity index is 782. The lowest BCUT2D eigenvalue weighted by molar-refractivity contribution is 1.08. The molecule has 0 spiro atoms. The van der Waals surface area contributed by atoms with E-state index in [0.29, 0.717) is 10.7 Å². The number of aromatic nitrogens is 3. The minimum atomic E-state index is 0.657. The second kappa shape index (κ2) is 5.07. The van der Waals surface area contributed by atoms with E-state index < -0.39 is 0 Å². The Kier molecular flexibility index (Phi) is 3.40. The quantitative estimate of drug-likeness (QED) is 0.756. The zero-order chi connectivity index (χ0) is 14.3. The Hall–Kier alpha value is -1.59. The molecule has 20 heavy (non-hydrogen) atoms. The number of halogens is 2. The second-order valence-corrected chi connectivity index (χ2v) is 5.91. The molecule has 3 rings (SSSR count). The fourth-order valence-electron chi connectivity index (χ4n) is 1.91. The van der Waals surface area contributed by atoms with Gasteiger partial charge < -0.3 is 9.88 Å². The van der Waals surface area contributed by atoms with Crippen molar-refractivity contribution in [1.29, 1.82) is 0 Å². The predicted octanol–water partition coefficient (Wildman–Crippen LogP) is 4.11. The van der Waals surface area contributed by atoms with E-state index in [1.807, 2.05) is 49.3 Å². The third-order valence-corrected chi connectivity index (χ3v) is 4.21. The fourth-order valence-corrected chi connectivity index (χ4v) is 2.34. The highest BCUT2D eigenvalue weighted by molar-refractivity contribution is 9.10. The number of H-pyrrole nitrogens is 1. The van der Waals surface area contributed by atoms with Crippen molar-refractivity contribution in [2.45, 2.75) is 0 Å². The summed E-state index contributed by atoms with van der Waals surface area (Å²) in [5.74, 6) is 1.64. The molecular weight excluding hydrogens is 340 g/mol. The summed E-state index contributed by atoms with van der Waals surface area (Å²) in [6.45, 7) is 0. The third kappa shape index (κ3) is 2.39. The average molecular weight is 352 g/mol. The van der Waals surface area contributed by atoms with Gasteiger partial charge in [0.2, 0.25) is 0 Å². The summed E-state index contributed by atoms with van der Waals surface area (Å²) in [5.41, 5.74) is 2.54. The summed E-state index contributed by atoms with van der Waals surface area (Å²) in [6.07, 6.45) is 0. The van der Waals surface area contributed by atoms with Crippen molar-refractivity contribution in [2.24, 2.45) is 0 Å². The van der Waals surface area contributed by atoms with E-state index in [0.717, 1.165) is 27.2 Å². The van der Waals surface area contributed by atoms with Crippen LogP contribution < -0.4 is 4.90 Å². The number of pyridine rings is 1. The van der Waals surface area contributed by atoms with Crippen LogP contribution in [0.15, 0.2) is 34.8 Å². The number of fused-ring (bicyclic) bond motifs is 1. The molecule has 3 aromatic rings. The van der Waals surface area contributed by atoms with E-state index in [1.165, 1.54) is 0 Å². The van der Waals surface area contributed by atoms with Crippen LogP contribution in [0.4, 0.5) is 5.82 Å². The first-order valence-corrected chi connectivity index (χ1v) is 7.21. The van der Waals surface area contributed by atoms with Crippen LogP contribution in [-0.4, -0.2) is 29.0 Å². The molecule has 0 atom stereocenters. The van der Waals surface area contributed by atoms with Crippen LogP contribution in [0.2, 0.25) is 5.02 Å². The Morgan fingerprint density at radius 1 is 1.15 bits per heavy atom. The highest BCUT2D eigenvalue weighted by Gasteiger charge is 2.09. The number of hydrogen-bond donors (Lipinski definition) is 1. The number of anilines is 1. The van der Waals surface area contributed by atoms with Gasteiger partial charge >= 0.3 is 0 Å². The molecule has 1 aromatic carbocycles. The van der Waals surface area contributed by atoms with E-state index in [1.54, 1.807) is 0 Å². The van der Waals surface area contributed by atoms with Gasteiger partial charge in [0.15, 0.2) is 5.65 Å². The Labute approximate surface area is 129 Å². The topological polar surface area (TPSA) is 44.8 Å². The van der Waals surface area contributed by atoms with Gasteiger partial charge in [-0.2, -0.15) is 0 Å². The molecule has 0 aliphatic carbocycles. The van der Waals surface area contributed by atoms with Gasteiger partial charge in [0, 0.05) is 24.1 Å². The van der Waals surface area contributed by atoms with E-state index in [4.69, 9.17) is 11.6 Å². The van der Waals surface area contributed by atoms with Gasteiger partial charge in [-0.05, 0) is 40.2 Å². The molecule has 2 heterocycles. The highest BCUT2D eigenvalue weighted by Crippen LogP contribution is 2.28. The standard InChI is InChI=1S/C14H12BrClN4/c1-20(2)12-6-5-11-14(18-12)19-13(17-11)8-3-4-9(15)10(16)7-8/h3-7H,1-2H3,(H,17,18,19). The fraction of sp³-hybridized carbons (Fsp3) is 0.143. The molecule has 0 saturated carbocycles. The van der Waals surface area contributed by atoms with E-state index in [-0.39, 0.29) is 0 Å². The zero-order valence-corrected chi connectivity index (χ0v) is 13.3. The molecule has 0 aliphatic heterocycles. The number of nitrogens with zero attached hydrogens (tertiary/aromatic N) is 3. The van der Waals surface area contributed by atoms with Crippen molar-refractivity contribution < 1.29 is 0 Å². The lowest BCUT2D eigenvalue weighted by atomic mass is 10.2. The molecule has 0 amide bonds. The molecule has 0 aliphatic rings. The van der Waals surface area contributed by atoms with Gasteiger partial charge in [-0.1, -0.05) is 17.7 Å². The molecule has 0 unspecified atom stereocenters. The van der Waals surface area contributed by atoms with Gasteiger partial charge in [-0.25, -0.2) is 9.97 Å². The van der Waals surface area contributed by atoms with Gasteiger partial charge in [0.25, 0.3) is 0 Å². The van der Waals surface area contributed by atoms with Crippen molar-refractivity contribution in [3.05, 3.63) is 39.8 Å². The van der Waals surface area contributed by atoms with Gasteiger partial charge in [0.05, 0.1) is 10.5 Å². The average Bonchev–Trinajstić information content (AvgIpc) is 2.84. The number of rotatable bonds is 2. The first-order chi connectivity index (χ1) is 9.54. The second-order valence-electron chi connectivity index (χ2n) is 4.65. The summed E-state index contributed by atoms with van der Waals surface area (Å²) in [5, 5.41) is 0.657. The van der Waals surface area contributed by atoms with Crippen molar-refractivity contribution in [3.8, 4) is 11.4 Å². The van der Waals surface area contributed by atoms with Crippen LogP contribution in [0, 0.1) is 0 Å². The van der Waals surface area contributed by atoms with Crippen molar-refractivity contribution >= 4 is 44.5 Å². The van der Waals surface area contributed by atoms with Gasteiger partial charge in [-0.15, -0.1) is 0 Å². The lowest BCUT2D eigenvalue weighted by Crippen LogP contribution is -2.10. The van der Waals surface area contributed by atoms with E-state index in [2.05, 4.69) is 30.9 Å². The smallest absolute Gasteiger partial charge is 0.180 e. The van der Waals surface area contributed by atoms with Gasteiger partial charge in [-0.3, -0.25) is 0 Å². The maximum Gasteiger partial charge on any atom is 0.180 e. The Morgan fingerprint density at radius 2 is 1.95 bits per heavy atom. The van der Waals surface area contributed by atoms with Crippen LogP contribution >= 0.6 is 27.5 Å². The van der Waals surface area contributed by atoms with E-state index >= 15 is 0 Å². The molecule has 102 valence electrons. The minimum Gasteiger partial charge on any atom is -0.363 e. The van der Waals surface area contributed by atoms with Crippen molar-refractivity contribution in [2.75, 3.05) is 19.0 Å². The van der Waals surface area contributed by atoms with Crippen LogP contribution in [0.25, 0.3) is 22.6 Å². The normalized spacial score (nSPS) is 11.0. The number of hydrogen-bond acceptors (Lipinski definition) is 3.